The summed E-state index contributed by atoms with van der Waals surface area (Å²) in [5.41, 5.74) is 5.66. The molecule has 0 spiro atoms. The van der Waals surface area contributed by atoms with Crippen molar-refractivity contribution in [3.63, 3.8) is 0 Å². The van der Waals surface area contributed by atoms with E-state index in [1.165, 1.54) is 4.88 Å². The first-order valence-electron chi connectivity index (χ1n) is 3.95. The van der Waals surface area contributed by atoms with Crippen LogP contribution < -0.4 is 5.73 Å². The van der Waals surface area contributed by atoms with Gasteiger partial charge in [-0.2, -0.15) is 0 Å². The molecule has 0 atom stereocenters. The fourth-order valence-corrected chi connectivity index (χ4v) is 2.51. The molecule has 0 unspecified atom stereocenters. The van der Waals surface area contributed by atoms with Crippen LogP contribution in [0, 0.1) is 0 Å². The Morgan fingerprint density at radius 3 is 2.92 bits per heavy atom. The maximum atomic E-state index is 5.80. The molecule has 0 saturated carbocycles. The normalized spacial score (nSPS) is 19.5. The van der Waals surface area contributed by atoms with E-state index in [9.17, 15) is 0 Å². The van der Waals surface area contributed by atoms with Crippen molar-refractivity contribution in [2.45, 2.75) is 12.6 Å². The molecule has 1 saturated heterocycles. The molecule has 0 amide bonds. The first-order chi connectivity index (χ1) is 5.74. The van der Waals surface area contributed by atoms with Crippen LogP contribution in [0.2, 0.25) is 5.02 Å². The predicted molar refractivity (Wildman–Crippen MR) is 52.6 cm³/mol. The quantitative estimate of drug-likeness (QED) is 0.789. The van der Waals surface area contributed by atoms with E-state index in [0.29, 0.717) is 6.04 Å². The van der Waals surface area contributed by atoms with Crippen molar-refractivity contribution >= 4 is 22.9 Å². The Morgan fingerprint density at radius 2 is 2.42 bits per heavy atom. The second-order valence-electron chi connectivity index (χ2n) is 3.19. The van der Waals surface area contributed by atoms with Gasteiger partial charge in [-0.25, -0.2) is 0 Å². The Bertz CT molecular complexity index is 268. The van der Waals surface area contributed by atoms with Crippen LogP contribution in [-0.4, -0.2) is 24.0 Å². The highest BCUT2D eigenvalue weighted by molar-refractivity contribution is 7.10. The number of nitrogens with two attached hydrogens (primary N) is 1. The number of likely N-dealkylation sites (tertiary alicyclic amines) is 1. The number of hydrogen-bond acceptors (Lipinski definition) is 3. The third-order valence-corrected chi connectivity index (χ3v) is 3.26. The summed E-state index contributed by atoms with van der Waals surface area (Å²) in [6.07, 6.45) is 0. The first kappa shape index (κ1) is 8.51. The molecule has 1 aliphatic heterocycles. The van der Waals surface area contributed by atoms with Crippen LogP contribution in [0.15, 0.2) is 11.4 Å². The maximum absolute atomic E-state index is 5.80. The molecule has 66 valence electrons. The van der Waals surface area contributed by atoms with Crippen molar-refractivity contribution in [1.82, 2.24) is 4.90 Å². The minimum atomic E-state index is 0.389. The van der Waals surface area contributed by atoms with Gasteiger partial charge in [-0.15, -0.1) is 11.3 Å². The average Bonchev–Trinajstić information content (AvgIpc) is 2.33. The molecular formula is C8H11ClN2S. The van der Waals surface area contributed by atoms with Crippen LogP contribution in [0.4, 0.5) is 0 Å². The van der Waals surface area contributed by atoms with Gasteiger partial charge in [0.15, 0.2) is 0 Å². The van der Waals surface area contributed by atoms with E-state index in [1.54, 1.807) is 11.3 Å². The molecule has 1 aliphatic rings. The van der Waals surface area contributed by atoms with Crippen molar-refractivity contribution in [2.75, 3.05) is 13.1 Å². The lowest BCUT2D eigenvalue weighted by molar-refractivity contribution is 0.144. The molecule has 1 aromatic heterocycles. The first-order valence-corrected chi connectivity index (χ1v) is 5.20. The topological polar surface area (TPSA) is 29.3 Å². The van der Waals surface area contributed by atoms with E-state index >= 15 is 0 Å². The van der Waals surface area contributed by atoms with Crippen LogP contribution >= 0.6 is 22.9 Å². The number of hydrogen-bond donors (Lipinski definition) is 1. The molecule has 2 heterocycles. The monoisotopic (exact) mass is 202 g/mol. The highest BCUT2D eigenvalue weighted by Gasteiger charge is 2.22. The maximum Gasteiger partial charge on any atom is 0.0516 e. The smallest absolute Gasteiger partial charge is 0.0516 e. The molecule has 0 radical (unpaired) electrons. The van der Waals surface area contributed by atoms with Crippen LogP contribution in [0.25, 0.3) is 0 Å². The van der Waals surface area contributed by atoms with Crippen LogP contribution in [0.1, 0.15) is 4.88 Å². The Kier molecular flexibility index (Phi) is 2.37. The lowest BCUT2D eigenvalue weighted by Crippen LogP contribution is -2.54. The Labute approximate surface area is 80.9 Å². The number of halogens is 1. The highest BCUT2D eigenvalue weighted by atomic mass is 35.5. The molecule has 0 bridgehead atoms. The van der Waals surface area contributed by atoms with Crippen molar-refractivity contribution in [1.29, 1.82) is 0 Å². The minimum Gasteiger partial charge on any atom is -0.325 e. The van der Waals surface area contributed by atoms with Gasteiger partial charge in [-0.1, -0.05) is 11.6 Å². The zero-order chi connectivity index (χ0) is 8.55. The molecule has 1 aromatic rings. The molecule has 2 rings (SSSR count). The number of rotatable bonds is 2. The van der Waals surface area contributed by atoms with Gasteiger partial charge < -0.3 is 5.73 Å². The molecule has 2 nitrogen and oxygen atoms in total. The SMILES string of the molecule is NC1CN(Cc2cc(Cl)cs2)C1. The summed E-state index contributed by atoms with van der Waals surface area (Å²) in [5.74, 6) is 0. The van der Waals surface area contributed by atoms with Crippen molar-refractivity contribution in [3.05, 3.63) is 21.3 Å². The van der Waals surface area contributed by atoms with Gasteiger partial charge in [0, 0.05) is 35.9 Å². The molecule has 0 aliphatic carbocycles. The Hall–Kier alpha value is -0.0900. The fraction of sp³-hybridized carbons (Fsp3) is 0.500. The second kappa shape index (κ2) is 3.34. The summed E-state index contributed by atoms with van der Waals surface area (Å²) in [5, 5.41) is 2.82. The number of nitrogens with zero attached hydrogens (tertiary/aromatic N) is 1. The number of thiophene rings is 1. The molecule has 4 heteroatoms. The van der Waals surface area contributed by atoms with Crippen LogP contribution in [-0.2, 0) is 6.54 Å². The van der Waals surface area contributed by atoms with Gasteiger partial charge in [0.05, 0.1) is 5.02 Å². The lowest BCUT2D eigenvalue weighted by Gasteiger charge is -2.36. The summed E-state index contributed by atoms with van der Waals surface area (Å²) in [6, 6.07) is 2.41. The zero-order valence-corrected chi connectivity index (χ0v) is 8.24. The summed E-state index contributed by atoms with van der Waals surface area (Å²) >= 11 is 7.51. The van der Waals surface area contributed by atoms with E-state index in [2.05, 4.69) is 4.90 Å². The van der Waals surface area contributed by atoms with Gasteiger partial charge in [0.25, 0.3) is 0 Å². The molecule has 2 N–H and O–H groups in total. The van der Waals surface area contributed by atoms with Crippen LogP contribution in [0.3, 0.4) is 0 Å². The van der Waals surface area contributed by atoms with Gasteiger partial charge in [0.2, 0.25) is 0 Å². The molecule has 12 heavy (non-hydrogen) atoms. The second-order valence-corrected chi connectivity index (χ2v) is 4.62. The van der Waals surface area contributed by atoms with Crippen LogP contribution in [0.5, 0.6) is 0 Å². The van der Waals surface area contributed by atoms with E-state index in [4.69, 9.17) is 17.3 Å². The summed E-state index contributed by atoms with van der Waals surface area (Å²) in [7, 11) is 0. The van der Waals surface area contributed by atoms with Gasteiger partial charge in [0.1, 0.15) is 0 Å². The Balaban J connectivity index is 1.88. The van der Waals surface area contributed by atoms with E-state index in [0.717, 1.165) is 24.7 Å². The van der Waals surface area contributed by atoms with Crippen molar-refractivity contribution in [2.24, 2.45) is 5.73 Å². The standard InChI is InChI=1S/C8H11ClN2S/c9-6-1-8(12-5-6)4-11-2-7(10)3-11/h1,5,7H,2-4,10H2. The van der Waals surface area contributed by atoms with E-state index in [1.807, 2.05) is 11.4 Å². The molecule has 1 fully saturated rings. The van der Waals surface area contributed by atoms with Gasteiger partial charge in [-0.3, -0.25) is 4.90 Å². The third kappa shape index (κ3) is 1.80. The van der Waals surface area contributed by atoms with Gasteiger partial charge >= 0.3 is 0 Å². The minimum absolute atomic E-state index is 0.389. The van der Waals surface area contributed by atoms with Crippen molar-refractivity contribution in [3.8, 4) is 0 Å². The van der Waals surface area contributed by atoms with E-state index in [-0.39, 0.29) is 0 Å². The molecule has 0 aromatic carbocycles. The van der Waals surface area contributed by atoms with Crippen molar-refractivity contribution < 1.29 is 0 Å². The largest absolute Gasteiger partial charge is 0.325 e. The van der Waals surface area contributed by atoms with E-state index < -0.39 is 0 Å². The summed E-state index contributed by atoms with van der Waals surface area (Å²) < 4.78 is 0. The highest BCUT2D eigenvalue weighted by Crippen LogP contribution is 2.22. The van der Waals surface area contributed by atoms with Gasteiger partial charge in [-0.05, 0) is 6.07 Å². The lowest BCUT2D eigenvalue weighted by atomic mass is 10.1. The fourth-order valence-electron chi connectivity index (χ4n) is 1.40. The molecular weight excluding hydrogens is 192 g/mol. The summed E-state index contributed by atoms with van der Waals surface area (Å²) in [6.45, 7) is 3.05. The summed E-state index contributed by atoms with van der Waals surface area (Å²) in [4.78, 5) is 3.65. The predicted octanol–water partition coefficient (Wildman–Crippen LogP) is 1.54. The zero-order valence-electron chi connectivity index (χ0n) is 6.66. The average molecular weight is 203 g/mol. The Morgan fingerprint density at radius 1 is 1.67 bits per heavy atom. The third-order valence-electron chi connectivity index (χ3n) is 1.99.